The second-order valence-corrected chi connectivity index (χ2v) is 9.89. The number of hydrogen-bond acceptors (Lipinski definition) is 7. The van der Waals surface area contributed by atoms with Gasteiger partial charge in [0, 0.05) is 47.4 Å². The SMILES string of the molecule is COc1ncccc1Nc1cc(N(Cc2ccccc2)Cc2ccccc2)n2ncc(C(=O)CC3COC3)[n+]2c1. The van der Waals surface area contributed by atoms with Gasteiger partial charge < -0.3 is 19.7 Å². The molecule has 40 heavy (non-hydrogen) atoms. The van der Waals surface area contributed by atoms with Crippen molar-refractivity contribution in [1.82, 2.24) is 14.7 Å². The van der Waals surface area contributed by atoms with Crippen molar-refractivity contribution < 1.29 is 18.8 Å². The van der Waals surface area contributed by atoms with E-state index in [0.29, 0.717) is 44.3 Å². The highest BCUT2D eigenvalue weighted by Gasteiger charge is 2.29. The van der Waals surface area contributed by atoms with Gasteiger partial charge in [-0.3, -0.25) is 4.79 Å². The van der Waals surface area contributed by atoms with Gasteiger partial charge in [-0.2, -0.15) is 0 Å². The molecular formula is C31H31N6O3+. The number of rotatable bonds is 11. The number of fused-ring (bicyclic) bond motifs is 1. The van der Waals surface area contributed by atoms with Crippen LogP contribution in [0.2, 0.25) is 0 Å². The van der Waals surface area contributed by atoms with Crippen molar-refractivity contribution in [1.29, 1.82) is 0 Å². The molecule has 6 rings (SSSR count). The molecule has 0 radical (unpaired) electrons. The minimum absolute atomic E-state index is 0.0352. The average molecular weight is 536 g/mol. The third-order valence-electron chi connectivity index (χ3n) is 6.96. The quantitative estimate of drug-likeness (QED) is 0.197. The molecule has 1 saturated heterocycles. The molecule has 0 aliphatic carbocycles. The molecule has 9 nitrogen and oxygen atoms in total. The molecular weight excluding hydrogens is 504 g/mol. The van der Waals surface area contributed by atoms with Gasteiger partial charge in [-0.25, -0.2) is 4.98 Å². The second-order valence-electron chi connectivity index (χ2n) is 9.89. The van der Waals surface area contributed by atoms with Crippen LogP contribution in [-0.2, 0) is 17.8 Å². The number of pyridine rings is 1. The van der Waals surface area contributed by atoms with E-state index in [1.165, 1.54) is 0 Å². The van der Waals surface area contributed by atoms with Gasteiger partial charge in [0.1, 0.15) is 11.9 Å². The lowest BCUT2D eigenvalue weighted by atomic mass is 10.00. The summed E-state index contributed by atoms with van der Waals surface area (Å²) in [5, 5.41) is 8.15. The zero-order valence-corrected chi connectivity index (χ0v) is 22.3. The molecule has 202 valence electrons. The summed E-state index contributed by atoms with van der Waals surface area (Å²) in [5.74, 6) is 1.59. The lowest BCUT2D eigenvalue weighted by Crippen LogP contribution is -2.39. The van der Waals surface area contributed by atoms with Crippen LogP contribution in [-0.4, -0.2) is 40.8 Å². The average Bonchev–Trinajstić information content (AvgIpc) is 3.40. The van der Waals surface area contributed by atoms with Crippen LogP contribution in [0.4, 0.5) is 17.2 Å². The summed E-state index contributed by atoms with van der Waals surface area (Å²) in [6.07, 6.45) is 5.65. The van der Waals surface area contributed by atoms with E-state index < -0.39 is 0 Å². The molecule has 0 saturated carbocycles. The van der Waals surface area contributed by atoms with Crippen molar-refractivity contribution in [2.45, 2.75) is 19.5 Å². The molecule has 9 heteroatoms. The van der Waals surface area contributed by atoms with Gasteiger partial charge in [-0.15, -0.1) is 4.52 Å². The van der Waals surface area contributed by atoms with Crippen molar-refractivity contribution in [3.8, 4) is 5.88 Å². The summed E-state index contributed by atoms with van der Waals surface area (Å²) in [6, 6.07) is 26.5. The number of nitrogens with one attached hydrogen (secondary N) is 1. The van der Waals surface area contributed by atoms with Crippen LogP contribution >= 0.6 is 0 Å². The van der Waals surface area contributed by atoms with Gasteiger partial charge in [-0.05, 0) is 23.3 Å². The minimum Gasteiger partial charge on any atom is -0.480 e. The van der Waals surface area contributed by atoms with E-state index in [0.717, 1.165) is 28.3 Å². The number of Topliss-reactive ketones (excluding diaryl/α,β-unsaturated/α-hetero) is 1. The van der Waals surface area contributed by atoms with Crippen LogP contribution in [0.25, 0.3) is 0 Å². The molecule has 5 aromatic rings. The first kappa shape index (κ1) is 25.5. The maximum Gasteiger partial charge on any atom is 0.242 e. The molecule has 4 heterocycles. The highest BCUT2D eigenvalue weighted by Crippen LogP contribution is 2.28. The van der Waals surface area contributed by atoms with E-state index >= 15 is 0 Å². The fourth-order valence-electron chi connectivity index (χ4n) is 4.87. The van der Waals surface area contributed by atoms with Crippen LogP contribution in [0.1, 0.15) is 28.0 Å². The number of benzene rings is 2. The third kappa shape index (κ3) is 5.50. The van der Waals surface area contributed by atoms with Crippen molar-refractivity contribution in [2.24, 2.45) is 5.92 Å². The van der Waals surface area contributed by atoms with E-state index in [4.69, 9.17) is 14.6 Å². The lowest BCUT2D eigenvalue weighted by molar-refractivity contribution is -0.622. The fraction of sp³-hybridized carbons (Fsp3) is 0.226. The highest BCUT2D eigenvalue weighted by atomic mass is 16.5. The standard InChI is InChI=1S/C31H30N6O3/c1-39-31-27(13-8-14-32-31)34-26-16-30(37-33-17-28(36(37)20-26)29(38)15-25-21-40-22-25)35(18-23-9-4-2-5-10-23)19-24-11-6-3-7-12-24/h2-14,16-17,20,25H,15,18-19,21-22H2,1H3/p+1. The lowest BCUT2D eigenvalue weighted by Gasteiger charge is -2.25. The summed E-state index contributed by atoms with van der Waals surface area (Å²) < 4.78 is 14.4. The Morgan fingerprint density at radius 1 is 1.05 bits per heavy atom. The topological polar surface area (TPSA) is 85.1 Å². The minimum atomic E-state index is 0.0352. The Balaban J connectivity index is 1.46. The predicted octanol–water partition coefficient (Wildman–Crippen LogP) is 4.49. The van der Waals surface area contributed by atoms with Gasteiger partial charge in [0.15, 0.2) is 5.82 Å². The number of anilines is 3. The largest absolute Gasteiger partial charge is 0.480 e. The van der Waals surface area contributed by atoms with Gasteiger partial charge in [0.25, 0.3) is 0 Å². The Hall–Kier alpha value is -4.76. The Morgan fingerprint density at radius 2 is 1.75 bits per heavy atom. The zero-order chi connectivity index (χ0) is 27.3. The van der Waals surface area contributed by atoms with Gasteiger partial charge in [-0.1, -0.05) is 60.7 Å². The van der Waals surface area contributed by atoms with E-state index in [9.17, 15) is 4.79 Å². The molecule has 0 atom stereocenters. The third-order valence-corrected chi connectivity index (χ3v) is 6.96. The van der Waals surface area contributed by atoms with Crippen molar-refractivity contribution in [2.75, 3.05) is 30.5 Å². The Labute approximate surface area is 232 Å². The number of carbonyl (C=O) groups is 1. The summed E-state index contributed by atoms with van der Waals surface area (Å²) >= 11 is 0. The smallest absolute Gasteiger partial charge is 0.242 e. The summed E-state index contributed by atoms with van der Waals surface area (Å²) in [6.45, 7) is 2.54. The summed E-state index contributed by atoms with van der Waals surface area (Å²) in [7, 11) is 1.59. The number of ketones is 1. The first-order chi connectivity index (χ1) is 19.7. The highest BCUT2D eigenvalue weighted by molar-refractivity contribution is 5.92. The molecule has 0 spiro atoms. The van der Waals surface area contributed by atoms with E-state index in [-0.39, 0.29) is 11.7 Å². The molecule has 1 aliphatic rings. The van der Waals surface area contributed by atoms with Gasteiger partial charge in [0.2, 0.25) is 23.6 Å². The molecule has 1 N–H and O–H groups in total. The van der Waals surface area contributed by atoms with Crippen LogP contribution in [0.15, 0.2) is 97.5 Å². The first-order valence-corrected chi connectivity index (χ1v) is 13.3. The number of methoxy groups -OCH3 is 1. The normalized spacial score (nSPS) is 13.1. The van der Waals surface area contributed by atoms with Crippen LogP contribution in [0.5, 0.6) is 5.88 Å². The maximum atomic E-state index is 13.4. The molecule has 2 aromatic carbocycles. The first-order valence-electron chi connectivity index (χ1n) is 13.3. The fourth-order valence-corrected chi connectivity index (χ4v) is 4.87. The van der Waals surface area contributed by atoms with Crippen LogP contribution < -0.4 is 19.5 Å². The summed E-state index contributed by atoms with van der Waals surface area (Å²) in [4.78, 5) is 19.9. The zero-order valence-electron chi connectivity index (χ0n) is 22.3. The molecule has 3 aromatic heterocycles. The molecule has 1 fully saturated rings. The Bertz CT molecular complexity index is 1560. The Kier molecular flexibility index (Phi) is 7.37. The second kappa shape index (κ2) is 11.5. The molecule has 0 unspecified atom stereocenters. The molecule has 0 bridgehead atoms. The molecule has 0 amide bonds. The van der Waals surface area contributed by atoms with E-state index in [1.807, 2.05) is 65.3 Å². The van der Waals surface area contributed by atoms with Crippen molar-refractivity contribution >= 4 is 23.0 Å². The number of carbonyl (C=O) groups excluding carboxylic acids is 1. The van der Waals surface area contributed by atoms with Crippen molar-refractivity contribution in [3.05, 3.63) is 114 Å². The maximum absolute atomic E-state index is 13.4. The van der Waals surface area contributed by atoms with Crippen LogP contribution in [0, 0.1) is 5.92 Å². The van der Waals surface area contributed by atoms with Gasteiger partial charge in [0.05, 0.1) is 26.0 Å². The monoisotopic (exact) mass is 535 g/mol. The number of hydrogen-bond donors (Lipinski definition) is 1. The van der Waals surface area contributed by atoms with Crippen LogP contribution in [0.3, 0.4) is 0 Å². The van der Waals surface area contributed by atoms with Gasteiger partial charge >= 0.3 is 0 Å². The van der Waals surface area contributed by atoms with E-state index in [1.54, 1.807) is 24.1 Å². The Morgan fingerprint density at radius 3 is 2.38 bits per heavy atom. The number of aromatic nitrogens is 4. The van der Waals surface area contributed by atoms with Crippen molar-refractivity contribution in [3.63, 3.8) is 0 Å². The number of nitrogens with zero attached hydrogens (tertiary/aromatic N) is 5. The van der Waals surface area contributed by atoms with E-state index in [2.05, 4.69) is 39.5 Å². The number of ether oxygens (including phenoxy) is 2. The predicted molar refractivity (Wildman–Crippen MR) is 151 cm³/mol. The molecule has 1 aliphatic heterocycles. The summed E-state index contributed by atoms with van der Waals surface area (Å²) in [5.41, 5.74) is 4.34.